The van der Waals surface area contributed by atoms with E-state index >= 15 is 0 Å². The molecule has 4 heterocycles. The van der Waals surface area contributed by atoms with E-state index in [1.807, 2.05) is 37.3 Å². The predicted octanol–water partition coefficient (Wildman–Crippen LogP) is 2.44. The van der Waals surface area contributed by atoms with E-state index in [4.69, 9.17) is 9.47 Å². The van der Waals surface area contributed by atoms with Crippen molar-refractivity contribution in [3.63, 3.8) is 0 Å². The Morgan fingerprint density at radius 1 is 0.951 bits per heavy atom. The highest BCUT2D eigenvalue weighted by Gasteiger charge is 2.30. The number of pyridine rings is 1. The van der Waals surface area contributed by atoms with E-state index in [1.54, 1.807) is 11.6 Å². The smallest absolute Gasteiger partial charge is 0.269 e. The Labute approximate surface area is 239 Å². The zero-order valence-corrected chi connectivity index (χ0v) is 24.4. The summed E-state index contributed by atoms with van der Waals surface area (Å²) in [5.41, 5.74) is 1.66. The molecule has 5 rings (SSSR count). The molecule has 1 fully saturated rings. The van der Waals surface area contributed by atoms with Crippen LogP contribution in [-0.2, 0) is 34.5 Å². The lowest BCUT2D eigenvalue weighted by Crippen LogP contribution is -2.48. The minimum atomic E-state index is -3.84. The minimum absolute atomic E-state index is 0.0106. The van der Waals surface area contributed by atoms with Crippen molar-refractivity contribution in [2.24, 2.45) is 0 Å². The fourth-order valence-corrected chi connectivity index (χ4v) is 6.28. The SMILES string of the molecule is CCOc1ncc(S(=O)(=O)N2CCN(CC)CC2)cc1-n1cnc2c(c(COCc3ccccc3)nn2CC)c1=O. The highest BCUT2D eigenvalue weighted by Crippen LogP contribution is 2.26. The quantitative estimate of drug-likeness (QED) is 0.263. The molecule has 1 saturated heterocycles. The van der Waals surface area contributed by atoms with E-state index in [1.165, 1.54) is 27.5 Å². The third kappa shape index (κ3) is 5.89. The summed E-state index contributed by atoms with van der Waals surface area (Å²) in [4.78, 5) is 25.0. The van der Waals surface area contributed by atoms with E-state index in [0.717, 1.165) is 12.1 Å². The molecule has 3 aromatic heterocycles. The molecule has 1 aliphatic rings. The molecule has 0 N–H and O–H groups in total. The maximum atomic E-state index is 14.0. The van der Waals surface area contributed by atoms with Gasteiger partial charge in [0.2, 0.25) is 15.9 Å². The van der Waals surface area contributed by atoms with Crippen molar-refractivity contribution < 1.29 is 17.9 Å². The summed E-state index contributed by atoms with van der Waals surface area (Å²) in [6.07, 6.45) is 2.65. The van der Waals surface area contributed by atoms with Crippen LogP contribution in [0.2, 0.25) is 0 Å². The number of ether oxygens (including phenoxy) is 2. The van der Waals surface area contributed by atoms with Crippen molar-refractivity contribution in [3.8, 4) is 11.6 Å². The Balaban J connectivity index is 1.53. The standard InChI is InChI=1S/C28H35N7O5S/c1-4-32-12-14-33(15-13-32)41(37,38)22-16-24(27(29-17-22)40-6-3)34-20-30-26-25(28(34)36)23(31-35(26)5-2)19-39-18-21-10-8-7-9-11-21/h7-11,16-17,20H,4-6,12-15,18-19H2,1-3H3. The molecule has 218 valence electrons. The van der Waals surface area contributed by atoms with Gasteiger partial charge in [0, 0.05) is 32.7 Å². The van der Waals surface area contributed by atoms with Gasteiger partial charge in [0.05, 0.1) is 26.0 Å². The Morgan fingerprint density at radius 3 is 2.39 bits per heavy atom. The highest BCUT2D eigenvalue weighted by molar-refractivity contribution is 7.89. The number of benzene rings is 1. The maximum absolute atomic E-state index is 14.0. The van der Waals surface area contributed by atoms with Gasteiger partial charge in [0.15, 0.2) is 5.65 Å². The largest absolute Gasteiger partial charge is 0.476 e. The maximum Gasteiger partial charge on any atom is 0.269 e. The number of likely N-dealkylation sites (N-methyl/N-ethyl adjacent to an activating group) is 1. The van der Waals surface area contributed by atoms with Gasteiger partial charge < -0.3 is 14.4 Å². The molecule has 4 aromatic rings. The van der Waals surface area contributed by atoms with Gasteiger partial charge in [-0.05, 0) is 32.0 Å². The van der Waals surface area contributed by atoms with Crippen LogP contribution >= 0.6 is 0 Å². The molecule has 1 aliphatic heterocycles. The van der Waals surface area contributed by atoms with Gasteiger partial charge in [0.1, 0.15) is 28.0 Å². The van der Waals surface area contributed by atoms with Crippen molar-refractivity contribution in [2.45, 2.75) is 45.4 Å². The van der Waals surface area contributed by atoms with Gasteiger partial charge in [0.25, 0.3) is 5.56 Å². The molecule has 0 spiro atoms. The Bertz CT molecular complexity index is 1660. The number of aromatic nitrogens is 5. The number of hydrogen-bond donors (Lipinski definition) is 0. The van der Waals surface area contributed by atoms with Crippen LogP contribution in [0, 0.1) is 0 Å². The second kappa shape index (κ2) is 12.5. The number of rotatable bonds is 11. The number of piperazine rings is 1. The summed E-state index contributed by atoms with van der Waals surface area (Å²) in [5.74, 6) is 0.135. The molecule has 0 radical (unpaired) electrons. The first-order chi connectivity index (χ1) is 19.9. The number of sulfonamides is 1. The first kappa shape index (κ1) is 28.9. The highest BCUT2D eigenvalue weighted by atomic mass is 32.2. The zero-order valence-electron chi connectivity index (χ0n) is 23.6. The van der Waals surface area contributed by atoms with Gasteiger partial charge in [-0.25, -0.2) is 23.1 Å². The second-order valence-corrected chi connectivity index (χ2v) is 11.6. The van der Waals surface area contributed by atoms with Gasteiger partial charge in [-0.2, -0.15) is 9.40 Å². The van der Waals surface area contributed by atoms with E-state index in [9.17, 15) is 13.2 Å². The Hall–Kier alpha value is -3.65. The van der Waals surface area contributed by atoms with E-state index < -0.39 is 15.6 Å². The van der Waals surface area contributed by atoms with Crippen molar-refractivity contribution in [3.05, 3.63) is 70.5 Å². The molecular weight excluding hydrogens is 546 g/mol. The number of nitrogens with zero attached hydrogens (tertiary/aromatic N) is 7. The van der Waals surface area contributed by atoms with Crippen LogP contribution in [-0.4, -0.2) is 81.3 Å². The molecule has 13 heteroatoms. The number of aryl methyl sites for hydroxylation is 1. The molecule has 41 heavy (non-hydrogen) atoms. The number of hydrogen-bond acceptors (Lipinski definition) is 9. The third-order valence-electron chi connectivity index (χ3n) is 7.14. The van der Waals surface area contributed by atoms with Crippen LogP contribution in [0.1, 0.15) is 32.0 Å². The van der Waals surface area contributed by atoms with E-state index in [0.29, 0.717) is 56.1 Å². The van der Waals surface area contributed by atoms with Gasteiger partial charge in [-0.1, -0.05) is 37.3 Å². The van der Waals surface area contributed by atoms with Crippen molar-refractivity contribution in [1.82, 2.24) is 33.5 Å². The van der Waals surface area contributed by atoms with Crippen LogP contribution < -0.4 is 10.3 Å². The monoisotopic (exact) mass is 581 g/mol. The summed E-state index contributed by atoms with van der Waals surface area (Å²) in [6, 6.07) is 11.2. The summed E-state index contributed by atoms with van der Waals surface area (Å²) in [6.45, 7) is 9.97. The topological polar surface area (TPSA) is 125 Å². The molecular formula is C28H35N7O5S. The van der Waals surface area contributed by atoms with Gasteiger partial charge >= 0.3 is 0 Å². The second-order valence-electron chi connectivity index (χ2n) is 9.63. The average molecular weight is 582 g/mol. The van der Waals surface area contributed by atoms with Crippen LogP contribution in [0.15, 0.2) is 58.6 Å². The lowest BCUT2D eigenvalue weighted by atomic mass is 10.2. The first-order valence-electron chi connectivity index (χ1n) is 13.8. The lowest BCUT2D eigenvalue weighted by molar-refractivity contribution is 0.105. The summed E-state index contributed by atoms with van der Waals surface area (Å²) < 4.78 is 43.1. The zero-order chi connectivity index (χ0) is 29.0. The molecule has 0 unspecified atom stereocenters. The van der Waals surface area contributed by atoms with Crippen LogP contribution in [0.3, 0.4) is 0 Å². The first-order valence-corrected chi connectivity index (χ1v) is 15.3. The van der Waals surface area contributed by atoms with Crippen molar-refractivity contribution in [1.29, 1.82) is 0 Å². The Morgan fingerprint density at radius 2 is 1.71 bits per heavy atom. The predicted molar refractivity (Wildman–Crippen MR) is 154 cm³/mol. The van der Waals surface area contributed by atoms with Crippen molar-refractivity contribution in [2.75, 3.05) is 39.3 Å². The van der Waals surface area contributed by atoms with Crippen LogP contribution in [0.4, 0.5) is 0 Å². The average Bonchev–Trinajstić information content (AvgIpc) is 3.36. The van der Waals surface area contributed by atoms with Crippen LogP contribution in [0.5, 0.6) is 5.88 Å². The number of fused-ring (bicyclic) bond motifs is 1. The molecule has 12 nitrogen and oxygen atoms in total. The Kier molecular flexibility index (Phi) is 8.78. The summed E-state index contributed by atoms with van der Waals surface area (Å²) in [5, 5.41) is 4.89. The van der Waals surface area contributed by atoms with E-state index in [2.05, 4.69) is 26.9 Å². The normalized spacial score (nSPS) is 15.0. The van der Waals surface area contributed by atoms with E-state index in [-0.39, 0.29) is 29.7 Å². The third-order valence-corrected chi connectivity index (χ3v) is 9.00. The molecule has 0 amide bonds. The summed E-state index contributed by atoms with van der Waals surface area (Å²) >= 11 is 0. The summed E-state index contributed by atoms with van der Waals surface area (Å²) in [7, 11) is -3.84. The molecule has 0 bridgehead atoms. The van der Waals surface area contributed by atoms with Crippen LogP contribution in [0.25, 0.3) is 16.7 Å². The fraction of sp³-hybridized carbons (Fsp3) is 0.429. The molecule has 0 saturated carbocycles. The van der Waals surface area contributed by atoms with Gasteiger partial charge in [-0.15, -0.1) is 0 Å². The van der Waals surface area contributed by atoms with Gasteiger partial charge in [-0.3, -0.25) is 9.36 Å². The fourth-order valence-electron chi connectivity index (χ4n) is 4.89. The molecule has 0 atom stereocenters. The van der Waals surface area contributed by atoms with Crippen molar-refractivity contribution >= 4 is 21.1 Å². The molecule has 1 aromatic carbocycles. The lowest BCUT2D eigenvalue weighted by Gasteiger charge is -2.33. The molecule has 0 aliphatic carbocycles. The minimum Gasteiger partial charge on any atom is -0.476 e.